The highest BCUT2D eigenvalue weighted by atomic mass is 32.2. The number of ether oxygens (including phenoxy) is 1. The Balaban J connectivity index is 2.20. The van der Waals surface area contributed by atoms with Crippen LogP contribution in [-0.4, -0.2) is 21.4 Å². The molecule has 0 aliphatic carbocycles. The van der Waals surface area contributed by atoms with Crippen molar-refractivity contribution >= 4 is 21.6 Å². The van der Waals surface area contributed by atoms with Gasteiger partial charge in [-0.15, -0.1) is 0 Å². The van der Waals surface area contributed by atoms with Crippen LogP contribution in [0.4, 0.5) is 18.9 Å². The summed E-state index contributed by atoms with van der Waals surface area (Å²) in [5.74, 6) is -0.468. The Labute approximate surface area is 177 Å². The smallest absolute Gasteiger partial charge is 0.416 e. The lowest BCUT2D eigenvalue weighted by molar-refractivity contribution is -0.137. The van der Waals surface area contributed by atoms with Gasteiger partial charge in [0.2, 0.25) is 0 Å². The molecule has 0 aliphatic heterocycles. The average Bonchev–Trinajstić information content (AvgIpc) is 2.74. The second kappa shape index (κ2) is 8.43. The molecule has 3 rings (SSSR count). The molecule has 5 nitrogen and oxygen atoms in total. The van der Waals surface area contributed by atoms with Gasteiger partial charge in [0.1, 0.15) is 5.75 Å². The molecule has 162 valence electrons. The third-order valence-electron chi connectivity index (χ3n) is 4.57. The van der Waals surface area contributed by atoms with Crippen molar-refractivity contribution in [1.29, 1.82) is 0 Å². The van der Waals surface area contributed by atoms with Crippen molar-refractivity contribution < 1.29 is 31.1 Å². The average molecular weight is 449 g/mol. The molecule has 0 saturated carbocycles. The predicted octanol–water partition coefficient (Wildman–Crippen LogP) is 5.06. The van der Waals surface area contributed by atoms with E-state index in [-0.39, 0.29) is 11.3 Å². The van der Waals surface area contributed by atoms with Gasteiger partial charge >= 0.3 is 6.18 Å². The molecule has 1 amide bonds. The van der Waals surface area contributed by atoms with Crippen LogP contribution in [0.2, 0.25) is 0 Å². The second-order valence-corrected chi connectivity index (χ2v) is 8.40. The van der Waals surface area contributed by atoms with E-state index in [1.807, 2.05) is 0 Å². The first-order valence-corrected chi connectivity index (χ1v) is 10.5. The van der Waals surface area contributed by atoms with Crippen molar-refractivity contribution in [3.63, 3.8) is 0 Å². The third-order valence-corrected chi connectivity index (χ3v) is 6.27. The van der Waals surface area contributed by atoms with E-state index in [2.05, 4.69) is 0 Å². The Morgan fingerprint density at radius 1 is 0.935 bits per heavy atom. The standard InChI is InChI=1S/C22H18F3NO4S/c1-15-6-3-4-9-20(15)21(27)26(17-10-12-18(30-2)13-11-17)31(28,29)19-8-5-7-16(14-19)22(23,24)25/h3-14H,1-2H3. The van der Waals surface area contributed by atoms with Crippen LogP contribution in [-0.2, 0) is 16.2 Å². The van der Waals surface area contributed by atoms with Crippen LogP contribution >= 0.6 is 0 Å². The van der Waals surface area contributed by atoms with Gasteiger partial charge in [0.05, 0.1) is 23.3 Å². The Kier molecular flexibility index (Phi) is 6.08. The first-order chi connectivity index (χ1) is 14.6. The quantitative estimate of drug-likeness (QED) is 0.546. The number of amides is 1. The summed E-state index contributed by atoms with van der Waals surface area (Å²) in [6.45, 7) is 1.64. The maximum Gasteiger partial charge on any atom is 0.416 e. The van der Waals surface area contributed by atoms with Crippen LogP contribution in [0, 0.1) is 6.92 Å². The van der Waals surface area contributed by atoms with Crippen molar-refractivity contribution in [2.75, 3.05) is 11.4 Å². The summed E-state index contributed by atoms with van der Waals surface area (Å²) in [5, 5.41) is 0. The number of benzene rings is 3. The highest BCUT2D eigenvalue weighted by molar-refractivity contribution is 7.93. The van der Waals surface area contributed by atoms with Crippen molar-refractivity contribution in [2.24, 2.45) is 0 Å². The molecule has 0 fully saturated rings. The predicted molar refractivity (Wildman–Crippen MR) is 110 cm³/mol. The minimum Gasteiger partial charge on any atom is -0.497 e. The number of halogens is 3. The SMILES string of the molecule is COc1ccc(N(C(=O)c2ccccc2C)S(=O)(=O)c2cccc(C(F)(F)F)c2)cc1. The van der Waals surface area contributed by atoms with Crippen LogP contribution in [0.15, 0.2) is 77.7 Å². The van der Waals surface area contributed by atoms with Gasteiger partial charge in [-0.25, -0.2) is 8.42 Å². The van der Waals surface area contributed by atoms with Crippen molar-refractivity contribution in [1.82, 2.24) is 0 Å². The summed E-state index contributed by atoms with van der Waals surface area (Å²) >= 11 is 0. The van der Waals surface area contributed by atoms with Crippen molar-refractivity contribution in [3.05, 3.63) is 89.5 Å². The molecule has 0 saturated heterocycles. The number of hydrogen-bond donors (Lipinski definition) is 0. The Hall–Kier alpha value is -3.33. The fourth-order valence-corrected chi connectivity index (χ4v) is 4.40. The van der Waals surface area contributed by atoms with E-state index < -0.39 is 32.6 Å². The Morgan fingerprint density at radius 2 is 1.58 bits per heavy atom. The van der Waals surface area contributed by atoms with E-state index in [1.54, 1.807) is 25.1 Å². The molecule has 0 atom stereocenters. The first-order valence-electron chi connectivity index (χ1n) is 9.02. The molecule has 0 spiro atoms. The highest BCUT2D eigenvalue weighted by Gasteiger charge is 2.36. The lowest BCUT2D eigenvalue weighted by Gasteiger charge is -2.24. The number of methoxy groups -OCH3 is 1. The normalized spacial score (nSPS) is 11.8. The number of alkyl halides is 3. The third kappa shape index (κ3) is 4.56. The summed E-state index contributed by atoms with van der Waals surface area (Å²) in [6.07, 6.45) is -4.74. The summed E-state index contributed by atoms with van der Waals surface area (Å²) < 4.78 is 71.8. The molecule has 0 radical (unpaired) electrons. The molecule has 0 aliphatic rings. The number of nitrogens with zero attached hydrogens (tertiary/aromatic N) is 1. The zero-order valence-electron chi connectivity index (χ0n) is 16.6. The summed E-state index contributed by atoms with van der Waals surface area (Å²) in [7, 11) is -3.26. The van der Waals surface area contributed by atoms with Crippen LogP contribution in [0.5, 0.6) is 5.75 Å². The summed E-state index contributed by atoms with van der Waals surface area (Å²) in [4.78, 5) is 12.7. The van der Waals surface area contributed by atoms with E-state index in [0.29, 0.717) is 21.7 Å². The molecule has 0 aromatic heterocycles. The number of anilines is 1. The van der Waals surface area contributed by atoms with Gasteiger partial charge in [0.25, 0.3) is 15.9 Å². The van der Waals surface area contributed by atoms with Gasteiger partial charge in [-0.1, -0.05) is 24.3 Å². The zero-order chi connectivity index (χ0) is 22.8. The molecular formula is C22H18F3NO4S. The van der Waals surface area contributed by atoms with Crippen LogP contribution in [0.3, 0.4) is 0 Å². The monoisotopic (exact) mass is 449 g/mol. The van der Waals surface area contributed by atoms with Crippen molar-refractivity contribution in [2.45, 2.75) is 18.0 Å². The van der Waals surface area contributed by atoms with Crippen LogP contribution in [0.25, 0.3) is 0 Å². The Morgan fingerprint density at radius 3 is 2.16 bits per heavy atom. The van der Waals surface area contributed by atoms with E-state index >= 15 is 0 Å². The first kappa shape index (κ1) is 22.4. The largest absolute Gasteiger partial charge is 0.497 e. The zero-order valence-corrected chi connectivity index (χ0v) is 17.4. The lowest BCUT2D eigenvalue weighted by atomic mass is 10.1. The maximum absolute atomic E-state index is 13.4. The van der Waals surface area contributed by atoms with Gasteiger partial charge in [-0.3, -0.25) is 4.79 Å². The molecule has 0 unspecified atom stereocenters. The van der Waals surface area contributed by atoms with Gasteiger partial charge in [-0.05, 0) is 61.0 Å². The van der Waals surface area contributed by atoms with Gasteiger partial charge < -0.3 is 4.74 Å². The lowest BCUT2D eigenvalue weighted by Crippen LogP contribution is -2.37. The Bertz CT molecular complexity index is 1210. The number of carbonyl (C=O) groups is 1. The minimum atomic E-state index is -4.74. The molecule has 0 bridgehead atoms. The van der Waals surface area contributed by atoms with E-state index in [0.717, 1.165) is 18.2 Å². The number of sulfonamides is 1. The fraction of sp³-hybridized carbons (Fsp3) is 0.136. The topological polar surface area (TPSA) is 63.7 Å². The highest BCUT2D eigenvalue weighted by Crippen LogP contribution is 2.33. The maximum atomic E-state index is 13.4. The van der Waals surface area contributed by atoms with E-state index in [1.165, 1.54) is 37.4 Å². The van der Waals surface area contributed by atoms with Crippen LogP contribution < -0.4 is 9.04 Å². The van der Waals surface area contributed by atoms with E-state index in [4.69, 9.17) is 4.74 Å². The number of carbonyl (C=O) groups excluding carboxylic acids is 1. The van der Waals surface area contributed by atoms with Gasteiger partial charge in [0, 0.05) is 5.56 Å². The number of rotatable bonds is 5. The molecular weight excluding hydrogens is 431 g/mol. The summed E-state index contributed by atoms with van der Waals surface area (Å²) in [6, 6.07) is 15.2. The molecule has 3 aromatic rings. The molecule has 0 N–H and O–H groups in total. The van der Waals surface area contributed by atoms with Crippen molar-refractivity contribution in [3.8, 4) is 5.75 Å². The summed E-state index contributed by atoms with van der Waals surface area (Å²) in [5.41, 5.74) is -0.544. The molecule has 3 aromatic carbocycles. The second-order valence-electron chi connectivity index (χ2n) is 6.61. The van der Waals surface area contributed by atoms with Crippen LogP contribution in [0.1, 0.15) is 21.5 Å². The number of aryl methyl sites for hydroxylation is 1. The molecule has 0 heterocycles. The fourth-order valence-electron chi connectivity index (χ4n) is 2.94. The van der Waals surface area contributed by atoms with Gasteiger partial charge in [0.15, 0.2) is 0 Å². The molecule has 31 heavy (non-hydrogen) atoms. The molecule has 9 heteroatoms. The van der Waals surface area contributed by atoms with Gasteiger partial charge in [-0.2, -0.15) is 17.5 Å². The van der Waals surface area contributed by atoms with E-state index in [9.17, 15) is 26.4 Å². The number of hydrogen-bond acceptors (Lipinski definition) is 4. The minimum absolute atomic E-state index is 0.0357.